The minimum Gasteiger partial charge on any atom is -0.481 e. The lowest BCUT2D eigenvalue weighted by Gasteiger charge is -2.15. The highest BCUT2D eigenvalue weighted by Crippen LogP contribution is 2.20. The van der Waals surface area contributed by atoms with Gasteiger partial charge in [0.25, 0.3) is 5.91 Å². The summed E-state index contributed by atoms with van der Waals surface area (Å²) in [4.78, 5) is 12.0. The number of amides is 1. The van der Waals surface area contributed by atoms with Gasteiger partial charge >= 0.3 is 0 Å². The number of nitrogens with one attached hydrogen (secondary N) is 1. The van der Waals surface area contributed by atoms with E-state index in [1.165, 1.54) is 12.1 Å². The Morgan fingerprint density at radius 2 is 1.90 bits per heavy atom. The van der Waals surface area contributed by atoms with Crippen LogP contribution in [0.2, 0.25) is 0 Å². The maximum atomic E-state index is 13.7. The Morgan fingerprint density at radius 3 is 2.52 bits per heavy atom. The molecular formula is C16H15BrFNO2. The van der Waals surface area contributed by atoms with Gasteiger partial charge in [0.1, 0.15) is 11.6 Å². The molecule has 3 nitrogen and oxygen atoms in total. The molecule has 2 aromatic carbocycles. The van der Waals surface area contributed by atoms with Crippen LogP contribution in [0, 0.1) is 12.7 Å². The normalized spacial score (nSPS) is 11.8. The largest absolute Gasteiger partial charge is 0.481 e. The molecule has 0 saturated heterocycles. The molecule has 2 aromatic rings. The molecular weight excluding hydrogens is 337 g/mol. The third-order valence-corrected chi connectivity index (χ3v) is 3.39. The molecule has 0 spiro atoms. The summed E-state index contributed by atoms with van der Waals surface area (Å²) in [6, 6.07) is 11.8. The Kier molecular flexibility index (Phi) is 4.96. The maximum Gasteiger partial charge on any atom is 0.265 e. The average molecular weight is 352 g/mol. The van der Waals surface area contributed by atoms with E-state index in [1.807, 2.05) is 19.1 Å². The highest BCUT2D eigenvalue weighted by molar-refractivity contribution is 9.10. The summed E-state index contributed by atoms with van der Waals surface area (Å²) in [6.07, 6.45) is -0.726. The molecule has 0 unspecified atom stereocenters. The summed E-state index contributed by atoms with van der Waals surface area (Å²) < 4.78 is 19.8. The molecule has 5 heteroatoms. The molecule has 0 aliphatic rings. The van der Waals surface area contributed by atoms with Crippen LogP contribution in [0.5, 0.6) is 5.75 Å². The molecule has 0 bridgehead atoms. The molecule has 21 heavy (non-hydrogen) atoms. The van der Waals surface area contributed by atoms with E-state index in [4.69, 9.17) is 4.74 Å². The van der Waals surface area contributed by atoms with Crippen molar-refractivity contribution in [3.05, 3.63) is 58.3 Å². The Bertz CT molecular complexity index is 643. The number of rotatable bonds is 4. The van der Waals surface area contributed by atoms with Gasteiger partial charge in [-0.1, -0.05) is 33.6 Å². The van der Waals surface area contributed by atoms with Crippen LogP contribution in [0.1, 0.15) is 12.5 Å². The van der Waals surface area contributed by atoms with E-state index >= 15 is 0 Å². The molecule has 0 fully saturated rings. The molecule has 0 aromatic heterocycles. The second-order valence-electron chi connectivity index (χ2n) is 4.69. The minimum absolute atomic E-state index is 0.127. The van der Waals surface area contributed by atoms with Crippen molar-refractivity contribution in [3.8, 4) is 5.75 Å². The summed E-state index contributed by atoms with van der Waals surface area (Å²) in [5.41, 5.74) is 1.24. The third-order valence-electron chi connectivity index (χ3n) is 2.89. The SMILES string of the molecule is Cc1ccc(O[C@@H](C)C(=O)Nc2ccc(Br)cc2F)cc1. The number of hydrogen-bond donors (Lipinski definition) is 1. The van der Waals surface area contributed by atoms with Crippen molar-refractivity contribution in [1.29, 1.82) is 0 Å². The van der Waals surface area contributed by atoms with Gasteiger partial charge in [0, 0.05) is 4.47 Å². The Balaban J connectivity index is 2.00. The molecule has 1 atom stereocenters. The number of carbonyl (C=O) groups is 1. The Labute approximate surface area is 131 Å². The zero-order valence-corrected chi connectivity index (χ0v) is 13.3. The van der Waals surface area contributed by atoms with Crippen LogP contribution in [-0.4, -0.2) is 12.0 Å². The smallest absolute Gasteiger partial charge is 0.265 e. The molecule has 2 rings (SSSR count). The van der Waals surface area contributed by atoms with Gasteiger partial charge < -0.3 is 10.1 Å². The van der Waals surface area contributed by atoms with E-state index in [0.717, 1.165) is 5.56 Å². The lowest BCUT2D eigenvalue weighted by Crippen LogP contribution is -2.30. The number of ether oxygens (including phenoxy) is 1. The minimum atomic E-state index is -0.726. The Morgan fingerprint density at radius 1 is 1.24 bits per heavy atom. The van der Waals surface area contributed by atoms with Gasteiger partial charge in [-0.2, -0.15) is 0 Å². The van der Waals surface area contributed by atoms with Gasteiger partial charge in [0.2, 0.25) is 0 Å². The van der Waals surface area contributed by atoms with Crippen LogP contribution < -0.4 is 10.1 Å². The average Bonchev–Trinajstić information content (AvgIpc) is 2.44. The summed E-state index contributed by atoms with van der Waals surface area (Å²) in [7, 11) is 0. The van der Waals surface area contributed by atoms with Crippen molar-refractivity contribution in [2.24, 2.45) is 0 Å². The topological polar surface area (TPSA) is 38.3 Å². The number of carbonyl (C=O) groups excluding carboxylic acids is 1. The van der Waals surface area contributed by atoms with Crippen molar-refractivity contribution in [1.82, 2.24) is 0 Å². The molecule has 0 saturated carbocycles. The van der Waals surface area contributed by atoms with Gasteiger partial charge in [-0.05, 0) is 44.2 Å². The molecule has 0 aliphatic heterocycles. The third kappa shape index (κ3) is 4.29. The molecule has 0 heterocycles. The highest BCUT2D eigenvalue weighted by Gasteiger charge is 2.16. The fraction of sp³-hybridized carbons (Fsp3) is 0.188. The number of anilines is 1. The molecule has 0 radical (unpaired) electrons. The predicted octanol–water partition coefficient (Wildman–Crippen LogP) is 4.30. The predicted molar refractivity (Wildman–Crippen MR) is 84.0 cm³/mol. The van der Waals surface area contributed by atoms with Crippen LogP contribution in [-0.2, 0) is 4.79 Å². The first kappa shape index (κ1) is 15.5. The summed E-state index contributed by atoms with van der Waals surface area (Å²) in [5, 5.41) is 2.51. The van der Waals surface area contributed by atoms with Crippen molar-refractivity contribution in [3.63, 3.8) is 0 Å². The molecule has 0 aliphatic carbocycles. The van der Waals surface area contributed by atoms with Crippen LogP contribution in [0.15, 0.2) is 46.9 Å². The van der Waals surface area contributed by atoms with Crippen molar-refractivity contribution in [2.45, 2.75) is 20.0 Å². The lowest BCUT2D eigenvalue weighted by molar-refractivity contribution is -0.122. The number of aryl methyl sites for hydroxylation is 1. The first-order valence-corrected chi connectivity index (χ1v) is 7.24. The standard InChI is InChI=1S/C16H15BrFNO2/c1-10-3-6-13(7-4-10)21-11(2)16(20)19-15-8-5-12(17)9-14(15)18/h3-9,11H,1-2H3,(H,19,20)/t11-/m0/s1. The Hall–Kier alpha value is -1.88. The second kappa shape index (κ2) is 6.72. The maximum absolute atomic E-state index is 13.7. The van der Waals surface area contributed by atoms with Crippen LogP contribution in [0.25, 0.3) is 0 Å². The first-order valence-electron chi connectivity index (χ1n) is 6.45. The van der Waals surface area contributed by atoms with Gasteiger partial charge in [0.05, 0.1) is 5.69 Å². The van der Waals surface area contributed by atoms with E-state index in [1.54, 1.807) is 25.1 Å². The van der Waals surface area contributed by atoms with Crippen molar-refractivity contribution in [2.75, 3.05) is 5.32 Å². The van der Waals surface area contributed by atoms with Gasteiger partial charge in [-0.3, -0.25) is 4.79 Å². The van der Waals surface area contributed by atoms with Crippen molar-refractivity contribution < 1.29 is 13.9 Å². The summed E-state index contributed by atoms with van der Waals surface area (Å²) in [6.45, 7) is 3.59. The molecule has 1 N–H and O–H groups in total. The summed E-state index contributed by atoms with van der Waals surface area (Å²) >= 11 is 3.16. The number of benzene rings is 2. The summed E-state index contributed by atoms with van der Waals surface area (Å²) in [5.74, 6) is -0.309. The van der Waals surface area contributed by atoms with Crippen LogP contribution >= 0.6 is 15.9 Å². The van der Waals surface area contributed by atoms with Crippen LogP contribution in [0.3, 0.4) is 0 Å². The lowest BCUT2D eigenvalue weighted by atomic mass is 10.2. The van der Waals surface area contributed by atoms with Gasteiger partial charge in [-0.15, -0.1) is 0 Å². The zero-order chi connectivity index (χ0) is 15.4. The first-order chi connectivity index (χ1) is 9.95. The van der Waals surface area contributed by atoms with E-state index in [-0.39, 0.29) is 5.69 Å². The van der Waals surface area contributed by atoms with Gasteiger partial charge in [0.15, 0.2) is 6.10 Å². The monoisotopic (exact) mass is 351 g/mol. The number of halogens is 2. The fourth-order valence-corrected chi connectivity index (χ4v) is 2.03. The highest BCUT2D eigenvalue weighted by atomic mass is 79.9. The zero-order valence-electron chi connectivity index (χ0n) is 11.7. The van der Waals surface area contributed by atoms with Crippen molar-refractivity contribution >= 4 is 27.5 Å². The number of hydrogen-bond acceptors (Lipinski definition) is 2. The van der Waals surface area contributed by atoms with Gasteiger partial charge in [-0.25, -0.2) is 4.39 Å². The van der Waals surface area contributed by atoms with E-state index in [2.05, 4.69) is 21.2 Å². The van der Waals surface area contributed by atoms with E-state index in [9.17, 15) is 9.18 Å². The fourth-order valence-electron chi connectivity index (χ4n) is 1.70. The van der Waals surface area contributed by atoms with Crippen LogP contribution in [0.4, 0.5) is 10.1 Å². The van der Waals surface area contributed by atoms with E-state index < -0.39 is 17.8 Å². The molecule has 110 valence electrons. The quantitative estimate of drug-likeness (QED) is 0.891. The second-order valence-corrected chi connectivity index (χ2v) is 5.60. The van der Waals surface area contributed by atoms with E-state index in [0.29, 0.717) is 10.2 Å². The molecule has 1 amide bonds.